The van der Waals surface area contributed by atoms with E-state index >= 15 is 0 Å². The number of cyclic esters (lactones) is 2. The van der Waals surface area contributed by atoms with E-state index in [0.29, 0.717) is 0 Å². The first-order valence-electron chi connectivity index (χ1n) is 6.41. The Morgan fingerprint density at radius 1 is 1.00 bits per heavy atom. The van der Waals surface area contributed by atoms with Crippen molar-refractivity contribution in [3.63, 3.8) is 0 Å². The SMILES string of the molecule is CC=CC(C)=C(C=CC)C1C(=O)OC(=O)C1C=CC. The van der Waals surface area contributed by atoms with Gasteiger partial charge in [-0.3, -0.25) is 9.59 Å². The van der Waals surface area contributed by atoms with Crippen LogP contribution in [0.15, 0.2) is 47.6 Å². The standard InChI is InChI=1S/C16H20O3/c1-5-8-11(4)12(9-6-2)14-13(10-7-3)15(17)19-16(14)18/h5-10,13-14H,1-4H3. The van der Waals surface area contributed by atoms with Gasteiger partial charge in [0.05, 0.1) is 11.8 Å². The normalized spacial score (nSPS) is 25.7. The van der Waals surface area contributed by atoms with Crippen molar-refractivity contribution in [3.05, 3.63) is 47.6 Å². The zero-order valence-corrected chi connectivity index (χ0v) is 11.8. The lowest BCUT2D eigenvalue weighted by atomic mass is 9.84. The van der Waals surface area contributed by atoms with E-state index in [1.165, 1.54) is 0 Å². The Hall–Kier alpha value is -1.90. The Bertz CT molecular complexity index is 478. The molecule has 102 valence electrons. The molecule has 3 heteroatoms. The largest absolute Gasteiger partial charge is 0.392 e. The number of hydrogen-bond acceptors (Lipinski definition) is 3. The molecule has 0 N–H and O–H groups in total. The first-order valence-corrected chi connectivity index (χ1v) is 6.41. The van der Waals surface area contributed by atoms with Crippen LogP contribution < -0.4 is 0 Å². The van der Waals surface area contributed by atoms with Gasteiger partial charge >= 0.3 is 11.9 Å². The minimum absolute atomic E-state index is 0.468. The summed E-state index contributed by atoms with van der Waals surface area (Å²) in [5, 5.41) is 0. The van der Waals surface area contributed by atoms with Crippen LogP contribution in [0.25, 0.3) is 0 Å². The number of carbonyl (C=O) groups is 2. The Morgan fingerprint density at radius 3 is 2.16 bits per heavy atom. The molecule has 0 saturated carbocycles. The van der Waals surface area contributed by atoms with E-state index in [9.17, 15) is 9.59 Å². The topological polar surface area (TPSA) is 43.4 Å². The summed E-state index contributed by atoms with van der Waals surface area (Å²) in [6, 6.07) is 0. The van der Waals surface area contributed by atoms with Crippen LogP contribution in [0, 0.1) is 11.8 Å². The highest BCUT2D eigenvalue weighted by atomic mass is 16.6. The summed E-state index contributed by atoms with van der Waals surface area (Å²) in [5.74, 6) is -2.01. The first-order chi connectivity index (χ1) is 9.06. The number of esters is 2. The highest BCUT2D eigenvalue weighted by molar-refractivity contribution is 5.99. The molecule has 19 heavy (non-hydrogen) atoms. The van der Waals surface area contributed by atoms with Gasteiger partial charge in [-0.2, -0.15) is 0 Å². The van der Waals surface area contributed by atoms with E-state index < -0.39 is 23.8 Å². The number of allylic oxidation sites excluding steroid dienone is 6. The van der Waals surface area contributed by atoms with Crippen LogP contribution >= 0.6 is 0 Å². The van der Waals surface area contributed by atoms with Crippen LogP contribution in [0.4, 0.5) is 0 Å². The molecule has 1 heterocycles. The summed E-state index contributed by atoms with van der Waals surface area (Å²) in [4.78, 5) is 23.6. The van der Waals surface area contributed by atoms with Gasteiger partial charge < -0.3 is 4.74 Å². The Morgan fingerprint density at radius 2 is 1.63 bits per heavy atom. The fourth-order valence-corrected chi connectivity index (χ4v) is 2.24. The average molecular weight is 260 g/mol. The van der Waals surface area contributed by atoms with Gasteiger partial charge in [0.1, 0.15) is 0 Å². The second kappa shape index (κ2) is 6.88. The molecule has 0 spiro atoms. The minimum atomic E-state index is -0.545. The van der Waals surface area contributed by atoms with E-state index in [0.717, 1.165) is 11.1 Å². The summed E-state index contributed by atoms with van der Waals surface area (Å²) >= 11 is 0. The zero-order chi connectivity index (χ0) is 14.4. The second-order valence-electron chi connectivity index (χ2n) is 4.41. The fourth-order valence-electron chi connectivity index (χ4n) is 2.24. The Labute approximate surface area is 114 Å². The maximum atomic E-state index is 11.9. The second-order valence-corrected chi connectivity index (χ2v) is 4.41. The maximum absolute atomic E-state index is 11.9. The monoisotopic (exact) mass is 260 g/mol. The first kappa shape index (κ1) is 15.2. The predicted octanol–water partition coefficient (Wildman–Crippen LogP) is 3.35. The van der Waals surface area contributed by atoms with Crippen molar-refractivity contribution in [1.82, 2.24) is 0 Å². The third kappa shape index (κ3) is 3.31. The van der Waals surface area contributed by atoms with Gasteiger partial charge in [-0.1, -0.05) is 36.5 Å². The predicted molar refractivity (Wildman–Crippen MR) is 75.2 cm³/mol. The van der Waals surface area contributed by atoms with Crippen LogP contribution in [0.1, 0.15) is 27.7 Å². The smallest absolute Gasteiger partial charge is 0.322 e. The molecular weight excluding hydrogens is 240 g/mol. The lowest BCUT2D eigenvalue weighted by Crippen LogP contribution is -2.18. The Kier molecular flexibility index (Phi) is 5.49. The molecular formula is C16H20O3. The van der Waals surface area contributed by atoms with Crippen molar-refractivity contribution >= 4 is 11.9 Å². The van der Waals surface area contributed by atoms with Crippen molar-refractivity contribution in [3.8, 4) is 0 Å². The third-order valence-electron chi connectivity index (χ3n) is 3.04. The summed E-state index contributed by atoms with van der Waals surface area (Å²) in [6.45, 7) is 7.55. The third-order valence-corrected chi connectivity index (χ3v) is 3.04. The van der Waals surface area contributed by atoms with Crippen LogP contribution in [0.3, 0.4) is 0 Å². The Balaban J connectivity index is 3.31. The molecule has 0 radical (unpaired) electrons. The summed E-state index contributed by atoms with van der Waals surface area (Å²) < 4.78 is 4.77. The number of carbonyl (C=O) groups excluding carboxylic acids is 2. The molecule has 1 aliphatic heterocycles. The molecule has 1 saturated heterocycles. The van der Waals surface area contributed by atoms with Gasteiger partial charge in [-0.15, -0.1) is 0 Å². The summed E-state index contributed by atoms with van der Waals surface area (Å²) in [5.41, 5.74) is 1.80. The molecule has 0 aliphatic carbocycles. The van der Waals surface area contributed by atoms with Gasteiger partial charge in [-0.05, 0) is 38.8 Å². The highest BCUT2D eigenvalue weighted by Crippen LogP contribution is 2.33. The van der Waals surface area contributed by atoms with Crippen molar-refractivity contribution in [2.45, 2.75) is 27.7 Å². The molecule has 1 aliphatic rings. The van der Waals surface area contributed by atoms with Crippen LogP contribution in [0.2, 0.25) is 0 Å². The minimum Gasteiger partial charge on any atom is -0.392 e. The molecule has 0 aromatic carbocycles. The van der Waals surface area contributed by atoms with Crippen molar-refractivity contribution in [2.75, 3.05) is 0 Å². The zero-order valence-electron chi connectivity index (χ0n) is 11.8. The van der Waals surface area contributed by atoms with Crippen molar-refractivity contribution in [2.24, 2.45) is 11.8 Å². The van der Waals surface area contributed by atoms with Gasteiger partial charge in [0, 0.05) is 0 Å². The summed E-state index contributed by atoms with van der Waals surface area (Å²) in [7, 11) is 0. The van der Waals surface area contributed by atoms with E-state index in [1.54, 1.807) is 12.2 Å². The van der Waals surface area contributed by atoms with Gasteiger partial charge in [0.2, 0.25) is 0 Å². The molecule has 1 fully saturated rings. The average Bonchev–Trinajstić information content (AvgIpc) is 2.62. The van der Waals surface area contributed by atoms with Gasteiger partial charge in [0.25, 0.3) is 0 Å². The van der Waals surface area contributed by atoms with Gasteiger partial charge in [0.15, 0.2) is 0 Å². The molecule has 2 atom stereocenters. The molecule has 0 aromatic heterocycles. The van der Waals surface area contributed by atoms with Gasteiger partial charge in [-0.25, -0.2) is 0 Å². The van der Waals surface area contributed by atoms with Crippen molar-refractivity contribution < 1.29 is 14.3 Å². The lowest BCUT2D eigenvalue weighted by Gasteiger charge is -2.14. The van der Waals surface area contributed by atoms with Crippen LogP contribution in [-0.2, 0) is 14.3 Å². The molecule has 1 rings (SSSR count). The molecule has 2 unspecified atom stereocenters. The van der Waals surface area contributed by atoms with E-state index in [1.807, 2.05) is 52.0 Å². The van der Waals surface area contributed by atoms with Crippen LogP contribution in [-0.4, -0.2) is 11.9 Å². The molecule has 0 aromatic rings. The number of rotatable bonds is 4. The summed E-state index contributed by atoms with van der Waals surface area (Å²) in [6.07, 6.45) is 11.1. The van der Waals surface area contributed by atoms with E-state index in [4.69, 9.17) is 4.74 Å². The quantitative estimate of drug-likeness (QED) is 0.337. The number of hydrogen-bond donors (Lipinski definition) is 0. The molecule has 0 bridgehead atoms. The van der Waals surface area contributed by atoms with Crippen LogP contribution in [0.5, 0.6) is 0 Å². The number of ether oxygens (including phenoxy) is 1. The maximum Gasteiger partial charge on any atom is 0.322 e. The van der Waals surface area contributed by atoms with E-state index in [-0.39, 0.29) is 0 Å². The lowest BCUT2D eigenvalue weighted by molar-refractivity contribution is -0.153. The molecule has 0 amide bonds. The van der Waals surface area contributed by atoms with Crippen molar-refractivity contribution in [1.29, 1.82) is 0 Å². The van der Waals surface area contributed by atoms with E-state index in [2.05, 4.69) is 0 Å². The fraction of sp³-hybridized carbons (Fsp3) is 0.375. The molecule has 3 nitrogen and oxygen atoms in total. The highest BCUT2D eigenvalue weighted by Gasteiger charge is 2.44.